The number of rotatable bonds is 10. The molecule has 0 saturated heterocycles. The minimum Gasteiger partial charge on any atom is -0.493 e. The highest BCUT2D eigenvalue weighted by Crippen LogP contribution is 2.21. The summed E-state index contributed by atoms with van der Waals surface area (Å²) in [5.41, 5.74) is 7.48. The van der Waals surface area contributed by atoms with Crippen LogP contribution in [0.1, 0.15) is 51.3 Å². The second-order valence-corrected chi connectivity index (χ2v) is 9.25. The van der Waals surface area contributed by atoms with Gasteiger partial charge in [-0.15, -0.1) is 0 Å². The standard InChI is InChI=1S/C30H35N3O2/c1-21-14-15-25(23(3)20-21)30(34)31-17-16-29-32-26-11-5-6-12-27(26)33(29)18-7-8-19-35-28-13-9-10-22(2)24(28)4/h5-6,9-15,20H,7-8,16-19H2,1-4H3,(H,31,34). The monoisotopic (exact) mass is 469 g/mol. The van der Waals surface area contributed by atoms with Crippen molar-refractivity contribution in [1.29, 1.82) is 0 Å². The number of fused-ring (bicyclic) bond motifs is 1. The topological polar surface area (TPSA) is 56.2 Å². The summed E-state index contributed by atoms with van der Waals surface area (Å²) in [5.74, 6) is 1.94. The fourth-order valence-corrected chi connectivity index (χ4v) is 4.45. The van der Waals surface area contributed by atoms with Gasteiger partial charge in [0, 0.05) is 25.1 Å². The SMILES string of the molecule is Cc1ccc(C(=O)NCCc2nc3ccccc3n2CCCCOc2cccc(C)c2C)c(C)c1. The third-order valence-electron chi connectivity index (χ3n) is 6.58. The first kappa shape index (κ1) is 24.5. The van der Waals surface area contributed by atoms with Crippen LogP contribution in [0.3, 0.4) is 0 Å². The van der Waals surface area contributed by atoms with Crippen molar-refractivity contribution >= 4 is 16.9 Å². The maximum atomic E-state index is 12.7. The molecule has 0 bridgehead atoms. The number of aryl methyl sites for hydroxylation is 4. The van der Waals surface area contributed by atoms with E-state index in [1.165, 1.54) is 11.1 Å². The first-order chi connectivity index (χ1) is 16.9. The number of aromatic nitrogens is 2. The van der Waals surface area contributed by atoms with Crippen LogP contribution in [0.2, 0.25) is 0 Å². The molecule has 5 heteroatoms. The molecule has 1 amide bonds. The van der Waals surface area contributed by atoms with Gasteiger partial charge in [-0.3, -0.25) is 4.79 Å². The normalized spacial score (nSPS) is 11.1. The number of para-hydroxylation sites is 2. The maximum absolute atomic E-state index is 12.7. The van der Waals surface area contributed by atoms with Gasteiger partial charge in [0.1, 0.15) is 11.6 Å². The van der Waals surface area contributed by atoms with E-state index in [9.17, 15) is 4.79 Å². The first-order valence-corrected chi connectivity index (χ1v) is 12.4. The van der Waals surface area contributed by atoms with E-state index in [1.807, 2.05) is 56.3 Å². The van der Waals surface area contributed by atoms with Gasteiger partial charge in [-0.2, -0.15) is 0 Å². The average Bonchev–Trinajstić information content (AvgIpc) is 3.18. The Morgan fingerprint density at radius 1 is 0.943 bits per heavy atom. The molecule has 0 fully saturated rings. The number of hydrogen-bond donors (Lipinski definition) is 1. The van der Waals surface area contributed by atoms with E-state index in [-0.39, 0.29) is 5.91 Å². The van der Waals surface area contributed by atoms with Gasteiger partial charge in [-0.05, 0) is 81.5 Å². The van der Waals surface area contributed by atoms with Crippen molar-refractivity contribution in [3.05, 3.63) is 94.3 Å². The lowest BCUT2D eigenvalue weighted by Gasteiger charge is -2.12. The predicted octanol–water partition coefficient (Wildman–Crippen LogP) is 6.10. The van der Waals surface area contributed by atoms with Gasteiger partial charge in [0.15, 0.2) is 0 Å². The number of benzene rings is 3. The third-order valence-corrected chi connectivity index (χ3v) is 6.58. The quantitative estimate of drug-likeness (QED) is 0.286. The van der Waals surface area contributed by atoms with Crippen LogP contribution in [0.5, 0.6) is 5.75 Å². The van der Waals surface area contributed by atoms with Crippen molar-refractivity contribution in [1.82, 2.24) is 14.9 Å². The Morgan fingerprint density at radius 2 is 1.77 bits per heavy atom. The second kappa shape index (κ2) is 11.2. The Kier molecular flexibility index (Phi) is 7.86. The molecule has 35 heavy (non-hydrogen) atoms. The second-order valence-electron chi connectivity index (χ2n) is 9.25. The van der Waals surface area contributed by atoms with Gasteiger partial charge in [0.25, 0.3) is 5.91 Å². The maximum Gasteiger partial charge on any atom is 0.251 e. The molecule has 1 heterocycles. The lowest BCUT2D eigenvalue weighted by molar-refractivity contribution is 0.0953. The fourth-order valence-electron chi connectivity index (χ4n) is 4.45. The lowest BCUT2D eigenvalue weighted by Crippen LogP contribution is -2.27. The van der Waals surface area contributed by atoms with Gasteiger partial charge < -0.3 is 14.6 Å². The van der Waals surface area contributed by atoms with E-state index in [2.05, 4.69) is 41.9 Å². The molecule has 0 saturated carbocycles. The zero-order valence-electron chi connectivity index (χ0n) is 21.2. The molecule has 182 valence electrons. The lowest BCUT2D eigenvalue weighted by atomic mass is 10.1. The summed E-state index contributed by atoms with van der Waals surface area (Å²) in [6.07, 6.45) is 2.64. The number of carbonyl (C=O) groups is 1. The van der Waals surface area contributed by atoms with Crippen LogP contribution in [0, 0.1) is 27.7 Å². The smallest absolute Gasteiger partial charge is 0.251 e. The number of unbranched alkanes of at least 4 members (excludes halogenated alkanes) is 1. The summed E-state index contributed by atoms with van der Waals surface area (Å²) >= 11 is 0. The van der Waals surface area contributed by atoms with Crippen molar-refractivity contribution in [2.45, 2.75) is 53.5 Å². The summed E-state index contributed by atoms with van der Waals surface area (Å²) in [6.45, 7) is 10.3. The molecule has 0 aliphatic carbocycles. The summed E-state index contributed by atoms with van der Waals surface area (Å²) in [6, 6.07) is 20.3. The van der Waals surface area contributed by atoms with Gasteiger partial charge in [-0.25, -0.2) is 4.98 Å². The number of amides is 1. The first-order valence-electron chi connectivity index (χ1n) is 12.4. The van der Waals surface area contributed by atoms with Gasteiger partial charge in [-0.1, -0.05) is 42.0 Å². The third kappa shape index (κ3) is 5.91. The molecule has 0 atom stereocenters. The molecule has 1 aromatic heterocycles. The van der Waals surface area contributed by atoms with E-state index < -0.39 is 0 Å². The molecule has 0 unspecified atom stereocenters. The highest BCUT2D eigenvalue weighted by molar-refractivity contribution is 5.95. The van der Waals surface area contributed by atoms with Crippen LogP contribution < -0.4 is 10.1 Å². The van der Waals surface area contributed by atoms with E-state index in [0.29, 0.717) is 19.6 Å². The van der Waals surface area contributed by atoms with E-state index in [4.69, 9.17) is 9.72 Å². The highest BCUT2D eigenvalue weighted by atomic mass is 16.5. The van der Waals surface area contributed by atoms with Gasteiger partial charge >= 0.3 is 0 Å². The van der Waals surface area contributed by atoms with Crippen LogP contribution in [0.15, 0.2) is 60.7 Å². The Hall–Kier alpha value is -3.60. The van der Waals surface area contributed by atoms with Crippen molar-refractivity contribution < 1.29 is 9.53 Å². The largest absolute Gasteiger partial charge is 0.493 e. The van der Waals surface area contributed by atoms with Crippen molar-refractivity contribution in [3.63, 3.8) is 0 Å². The van der Waals surface area contributed by atoms with Crippen LogP contribution in [-0.4, -0.2) is 28.6 Å². The van der Waals surface area contributed by atoms with E-state index in [1.54, 1.807) is 0 Å². The Morgan fingerprint density at radius 3 is 2.60 bits per heavy atom. The summed E-state index contributed by atoms with van der Waals surface area (Å²) in [5, 5.41) is 3.07. The minimum absolute atomic E-state index is 0.0336. The molecule has 0 spiro atoms. The molecule has 3 aromatic carbocycles. The van der Waals surface area contributed by atoms with Crippen LogP contribution in [0.4, 0.5) is 0 Å². The van der Waals surface area contributed by atoms with Crippen LogP contribution >= 0.6 is 0 Å². The molecule has 4 rings (SSSR count). The van der Waals surface area contributed by atoms with E-state index in [0.717, 1.165) is 58.7 Å². The number of nitrogens with one attached hydrogen (secondary N) is 1. The highest BCUT2D eigenvalue weighted by Gasteiger charge is 2.12. The molecule has 4 aromatic rings. The summed E-state index contributed by atoms with van der Waals surface area (Å²) in [7, 11) is 0. The van der Waals surface area contributed by atoms with Gasteiger partial charge in [0.05, 0.1) is 17.6 Å². The molecular formula is C30H35N3O2. The Labute approximate surface area is 208 Å². The zero-order chi connectivity index (χ0) is 24.8. The number of ether oxygens (including phenoxy) is 1. The summed E-state index contributed by atoms with van der Waals surface area (Å²) < 4.78 is 8.32. The average molecular weight is 470 g/mol. The Bertz CT molecular complexity index is 1320. The molecule has 0 aliphatic rings. The number of imidazole rings is 1. The minimum atomic E-state index is -0.0336. The fraction of sp³-hybridized carbons (Fsp3) is 0.333. The van der Waals surface area contributed by atoms with E-state index >= 15 is 0 Å². The van der Waals surface area contributed by atoms with Crippen LogP contribution in [-0.2, 0) is 13.0 Å². The number of hydrogen-bond acceptors (Lipinski definition) is 3. The number of nitrogens with zero attached hydrogens (tertiary/aromatic N) is 2. The Balaban J connectivity index is 1.35. The van der Waals surface area contributed by atoms with Gasteiger partial charge in [0.2, 0.25) is 0 Å². The molecule has 1 N–H and O–H groups in total. The molecule has 5 nitrogen and oxygen atoms in total. The van der Waals surface area contributed by atoms with Crippen LogP contribution in [0.25, 0.3) is 11.0 Å². The van der Waals surface area contributed by atoms with Crippen molar-refractivity contribution in [2.24, 2.45) is 0 Å². The zero-order valence-corrected chi connectivity index (χ0v) is 21.2. The predicted molar refractivity (Wildman–Crippen MR) is 142 cm³/mol. The molecular weight excluding hydrogens is 434 g/mol. The van der Waals surface area contributed by atoms with Crippen molar-refractivity contribution in [3.8, 4) is 5.75 Å². The molecule has 0 radical (unpaired) electrons. The van der Waals surface area contributed by atoms with Crippen molar-refractivity contribution in [2.75, 3.05) is 13.2 Å². The number of carbonyl (C=O) groups excluding carboxylic acids is 1. The summed E-state index contributed by atoms with van der Waals surface area (Å²) in [4.78, 5) is 17.5. The molecule has 0 aliphatic heterocycles.